The maximum absolute atomic E-state index is 13.9. The summed E-state index contributed by atoms with van der Waals surface area (Å²) in [5, 5.41) is 8.70. The molecule has 112 valence electrons. The Hall–Kier alpha value is -1.51. The number of halogens is 1. The standard InChI is InChI=1S/C16H18FNO2S/c1-16(2)11-18(7-9-21-16)15(20)13-10-12(4-3-8-19)5-6-14(13)17/h5-6,10,19H,7-9,11H2,1-2H3. The number of aliphatic hydroxyl groups excluding tert-OH is 1. The third kappa shape index (κ3) is 3.99. The first-order valence-electron chi connectivity index (χ1n) is 6.75. The Morgan fingerprint density at radius 3 is 2.95 bits per heavy atom. The van der Waals surface area contributed by atoms with E-state index in [4.69, 9.17) is 5.11 Å². The molecule has 5 heteroatoms. The Morgan fingerprint density at radius 2 is 2.29 bits per heavy atom. The first-order valence-corrected chi connectivity index (χ1v) is 7.74. The van der Waals surface area contributed by atoms with Crippen LogP contribution in [0.2, 0.25) is 0 Å². The maximum atomic E-state index is 13.9. The van der Waals surface area contributed by atoms with Crippen molar-refractivity contribution in [1.29, 1.82) is 0 Å². The molecule has 1 amide bonds. The van der Waals surface area contributed by atoms with E-state index < -0.39 is 5.82 Å². The number of carbonyl (C=O) groups is 1. The van der Waals surface area contributed by atoms with Gasteiger partial charge in [0.1, 0.15) is 12.4 Å². The minimum absolute atomic E-state index is 0.0152. The van der Waals surface area contributed by atoms with E-state index in [1.807, 2.05) is 11.8 Å². The second kappa shape index (κ2) is 6.50. The number of rotatable bonds is 1. The van der Waals surface area contributed by atoms with Gasteiger partial charge < -0.3 is 10.0 Å². The van der Waals surface area contributed by atoms with E-state index in [0.29, 0.717) is 18.7 Å². The third-order valence-corrected chi connectivity index (χ3v) is 4.52. The average molecular weight is 307 g/mol. The summed E-state index contributed by atoms with van der Waals surface area (Å²) in [4.78, 5) is 14.2. The number of amides is 1. The Labute approximate surface area is 128 Å². The Kier molecular flexibility index (Phi) is 4.92. The predicted molar refractivity (Wildman–Crippen MR) is 82.8 cm³/mol. The summed E-state index contributed by atoms with van der Waals surface area (Å²) >= 11 is 1.82. The molecule has 0 bridgehead atoms. The van der Waals surface area contributed by atoms with Gasteiger partial charge in [-0.15, -0.1) is 0 Å². The molecule has 3 nitrogen and oxygen atoms in total. The molecular formula is C16H18FNO2S. The van der Waals surface area contributed by atoms with Crippen molar-refractivity contribution in [3.05, 3.63) is 35.1 Å². The topological polar surface area (TPSA) is 40.5 Å². The summed E-state index contributed by atoms with van der Waals surface area (Å²) in [5.41, 5.74) is 0.571. The molecule has 0 atom stereocenters. The van der Waals surface area contributed by atoms with Crippen LogP contribution in [-0.4, -0.2) is 46.1 Å². The fraction of sp³-hybridized carbons (Fsp3) is 0.438. The van der Waals surface area contributed by atoms with Crippen molar-refractivity contribution >= 4 is 17.7 Å². The highest BCUT2D eigenvalue weighted by Gasteiger charge is 2.31. The zero-order valence-corrected chi connectivity index (χ0v) is 13.0. The van der Waals surface area contributed by atoms with Crippen LogP contribution >= 0.6 is 11.8 Å². The van der Waals surface area contributed by atoms with E-state index in [1.54, 1.807) is 4.90 Å². The van der Waals surface area contributed by atoms with Gasteiger partial charge in [-0.25, -0.2) is 4.39 Å². The lowest BCUT2D eigenvalue weighted by atomic mass is 10.1. The Bertz CT molecular complexity index is 604. The van der Waals surface area contributed by atoms with E-state index in [9.17, 15) is 9.18 Å². The van der Waals surface area contributed by atoms with Crippen molar-refractivity contribution in [3.63, 3.8) is 0 Å². The number of benzene rings is 1. The number of hydrogen-bond acceptors (Lipinski definition) is 3. The van der Waals surface area contributed by atoms with Gasteiger partial charge in [-0.3, -0.25) is 4.79 Å². The molecule has 0 saturated carbocycles. The van der Waals surface area contributed by atoms with Crippen molar-refractivity contribution in [3.8, 4) is 11.8 Å². The second-order valence-electron chi connectivity index (χ2n) is 5.49. The summed E-state index contributed by atoms with van der Waals surface area (Å²) in [6.45, 7) is 5.12. The van der Waals surface area contributed by atoms with Gasteiger partial charge in [0.25, 0.3) is 5.91 Å². The van der Waals surface area contributed by atoms with E-state index in [2.05, 4.69) is 25.7 Å². The van der Waals surface area contributed by atoms with Crippen molar-refractivity contribution in [2.45, 2.75) is 18.6 Å². The summed E-state index contributed by atoms with van der Waals surface area (Å²) in [7, 11) is 0. The number of thioether (sulfide) groups is 1. The molecule has 0 radical (unpaired) electrons. The van der Waals surface area contributed by atoms with Crippen LogP contribution in [0, 0.1) is 17.7 Å². The highest BCUT2D eigenvalue weighted by molar-refractivity contribution is 8.00. The quantitative estimate of drug-likeness (QED) is 0.808. The second-order valence-corrected chi connectivity index (χ2v) is 7.29. The molecule has 1 aliphatic heterocycles. The molecular weight excluding hydrogens is 289 g/mol. The fourth-order valence-electron chi connectivity index (χ4n) is 2.27. The van der Waals surface area contributed by atoms with Gasteiger partial charge in [0.15, 0.2) is 0 Å². The van der Waals surface area contributed by atoms with Gasteiger partial charge in [-0.05, 0) is 32.0 Å². The summed E-state index contributed by atoms with van der Waals surface area (Å²) in [5.74, 6) is 5.21. The molecule has 0 aromatic heterocycles. The largest absolute Gasteiger partial charge is 0.384 e. The van der Waals surface area contributed by atoms with E-state index >= 15 is 0 Å². The zero-order valence-electron chi connectivity index (χ0n) is 12.1. The number of aliphatic hydroxyl groups is 1. The van der Waals surface area contributed by atoms with Crippen LogP contribution in [0.1, 0.15) is 29.8 Å². The van der Waals surface area contributed by atoms with Crippen LogP contribution < -0.4 is 0 Å². The smallest absolute Gasteiger partial charge is 0.256 e. The van der Waals surface area contributed by atoms with Gasteiger partial charge in [0.05, 0.1) is 5.56 Å². The van der Waals surface area contributed by atoms with Gasteiger partial charge >= 0.3 is 0 Å². The van der Waals surface area contributed by atoms with Crippen molar-refractivity contribution in [1.82, 2.24) is 4.90 Å². The highest BCUT2D eigenvalue weighted by atomic mass is 32.2. The minimum Gasteiger partial charge on any atom is -0.384 e. The predicted octanol–water partition coefficient (Wildman–Crippen LogP) is 2.14. The molecule has 1 fully saturated rings. The SMILES string of the molecule is CC1(C)CN(C(=O)c2cc(C#CCO)ccc2F)CCS1. The van der Waals surface area contributed by atoms with Gasteiger partial charge in [-0.1, -0.05) is 11.8 Å². The minimum atomic E-state index is -0.536. The molecule has 0 unspecified atom stereocenters. The van der Waals surface area contributed by atoms with Crippen LogP contribution in [0.4, 0.5) is 4.39 Å². The molecule has 1 aliphatic rings. The first kappa shape index (κ1) is 15.9. The van der Waals surface area contributed by atoms with E-state index in [0.717, 1.165) is 5.75 Å². The summed E-state index contributed by atoms with van der Waals surface area (Å²) in [6, 6.07) is 4.21. The normalized spacial score (nSPS) is 17.0. The number of carbonyl (C=O) groups excluding carboxylic acids is 1. The average Bonchev–Trinajstić information content (AvgIpc) is 2.44. The maximum Gasteiger partial charge on any atom is 0.256 e. The Balaban J connectivity index is 2.26. The van der Waals surface area contributed by atoms with Gasteiger partial charge in [-0.2, -0.15) is 11.8 Å². The third-order valence-electron chi connectivity index (χ3n) is 3.22. The van der Waals surface area contributed by atoms with Crippen molar-refractivity contribution < 1.29 is 14.3 Å². The lowest BCUT2D eigenvalue weighted by Crippen LogP contribution is -2.46. The van der Waals surface area contributed by atoms with Crippen molar-refractivity contribution in [2.24, 2.45) is 0 Å². The number of hydrogen-bond donors (Lipinski definition) is 1. The van der Waals surface area contributed by atoms with E-state index in [-0.39, 0.29) is 22.8 Å². The summed E-state index contributed by atoms with van der Waals surface area (Å²) in [6.07, 6.45) is 0. The first-order chi connectivity index (χ1) is 9.93. The van der Waals surface area contributed by atoms with Crippen LogP contribution in [0.15, 0.2) is 18.2 Å². The number of nitrogens with zero attached hydrogens (tertiary/aromatic N) is 1. The van der Waals surface area contributed by atoms with Crippen LogP contribution in [-0.2, 0) is 0 Å². The molecule has 1 heterocycles. The molecule has 1 aromatic carbocycles. The molecule has 1 saturated heterocycles. The zero-order chi connectivity index (χ0) is 15.5. The molecule has 1 aromatic rings. The molecule has 1 N–H and O–H groups in total. The lowest BCUT2D eigenvalue weighted by Gasteiger charge is -2.37. The van der Waals surface area contributed by atoms with Crippen LogP contribution in [0.5, 0.6) is 0 Å². The van der Waals surface area contributed by atoms with Gasteiger partial charge in [0.2, 0.25) is 0 Å². The van der Waals surface area contributed by atoms with Crippen molar-refractivity contribution in [2.75, 3.05) is 25.4 Å². The van der Waals surface area contributed by atoms with Gasteiger partial charge in [0, 0.05) is 29.2 Å². The summed E-state index contributed by atoms with van der Waals surface area (Å²) < 4.78 is 13.9. The molecule has 0 spiro atoms. The molecule has 2 rings (SSSR count). The van der Waals surface area contributed by atoms with Crippen LogP contribution in [0.25, 0.3) is 0 Å². The molecule has 0 aliphatic carbocycles. The lowest BCUT2D eigenvalue weighted by molar-refractivity contribution is 0.0743. The highest BCUT2D eigenvalue weighted by Crippen LogP contribution is 2.30. The molecule has 21 heavy (non-hydrogen) atoms. The Morgan fingerprint density at radius 1 is 1.52 bits per heavy atom. The fourth-order valence-corrected chi connectivity index (χ4v) is 3.38. The monoisotopic (exact) mass is 307 g/mol. The van der Waals surface area contributed by atoms with E-state index in [1.165, 1.54) is 18.2 Å². The van der Waals surface area contributed by atoms with Crippen LogP contribution in [0.3, 0.4) is 0 Å².